The van der Waals surface area contributed by atoms with Gasteiger partial charge in [0, 0.05) is 24.0 Å². The first-order valence-electron chi connectivity index (χ1n) is 8.41. The van der Waals surface area contributed by atoms with E-state index in [-0.39, 0.29) is 24.2 Å². The standard InChI is InChI=1S/C20H23N3O3/c1-13(2)17-6-4-5-7-18(17)23-20(26)12-19(25)22-16-10-8-15(9-11-16)21-14(3)24/h4-11,13H,12H2,1-3H3,(H,21,24)(H,22,25)(H,23,26). The molecule has 0 bridgehead atoms. The average molecular weight is 353 g/mol. The summed E-state index contributed by atoms with van der Waals surface area (Å²) in [6.07, 6.45) is -0.278. The summed E-state index contributed by atoms with van der Waals surface area (Å²) in [5.41, 5.74) is 2.94. The Balaban J connectivity index is 1.91. The third-order valence-corrected chi connectivity index (χ3v) is 3.67. The molecule has 136 valence electrons. The van der Waals surface area contributed by atoms with Crippen LogP contribution in [0.2, 0.25) is 0 Å². The molecule has 2 aromatic rings. The SMILES string of the molecule is CC(=O)Nc1ccc(NC(=O)CC(=O)Nc2ccccc2C(C)C)cc1. The molecule has 0 saturated carbocycles. The normalized spacial score (nSPS) is 10.3. The summed E-state index contributed by atoms with van der Waals surface area (Å²) in [5, 5.41) is 8.10. The highest BCUT2D eigenvalue weighted by Crippen LogP contribution is 2.23. The smallest absolute Gasteiger partial charge is 0.233 e. The first-order chi connectivity index (χ1) is 12.3. The minimum Gasteiger partial charge on any atom is -0.326 e. The molecular weight excluding hydrogens is 330 g/mol. The molecule has 26 heavy (non-hydrogen) atoms. The molecule has 3 amide bonds. The molecule has 0 heterocycles. The largest absolute Gasteiger partial charge is 0.326 e. The Bertz CT molecular complexity index is 798. The van der Waals surface area contributed by atoms with Gasteiger partial charge in [0.15, 0.2) is 0 Å². The summed E-state index contributed by atoms with van der Waals surface area (Å²) >= 11 is 0. The molecule has 0 aromatic heterocycles. The van der Waals surface area contributed by atoms with E-state index < -0.39 is 5.91 Å². The summed E-state index contributed by atoms with van der Waals surface area (Å²) in [7, 11) is 0. The maximum Gasteiger partial charge on any atom is 0.233 e. The van der Waals surface area contributed by atoms with Gasteiger partial charge in [-0.15, -0.1) is 0 Å². The van der Waals surface area contributed by atoms with Gasteiger partial charge in [-0.2, -0.15) is 0 Å². The number of hydrogen-bond donors (Lipinski definition) is 3. The van der Waals surface area contributed by atoms with Gasteiger partial charge in [-0.25, -0.2) is 0 Å². The van der Waals surface area contributed by atoms with Crippen LogP contribution in [0.25, 0.3) is 0 Å². The number of nitrogens with one attached hydrogen (secondary N) is 3. The third-order valence-electron chi connectivity index (χ3n) is 3.67. The second-order valence-electron chi connectivity index (χ2n) is 6.27. The maximum absolute atomic E-state index is 12.1. The average Bonchev–Trinajstić information content (AvgIpc) is 2.56. The maximum atomic E-state index is 12.1. The number of carbonyl (C=O) groups excluding carboxylic acids is 3. The summed E-state index contributed by atoms with van der Waals surface area (Å²) in [5.74, 6) is -0.676. The van der Waals surface area contributed by atoms with Crippen LogP contribution in [0.4, 0.5) is 17.1 Å². The number of para-hydroxylation sites is 1. The van der Waals surface area contributed by atoms with Gasteiger partial charge in [0.25, 0.3) is 0 Å². The predicted octanol–water partition coefficient (Wildman–Crippen LogP) is 3.74. The number of carbonyl (C=O) groups is 3. The van der Waals surface area contributed by atoms with Crippen molar-refractivity contribution in [3.63, 3.8) is 0 Å². The minimum atomic E-state index is -0.406. The van der Waals surface area contributed by atoms with Gasteiger partial charge in [-0.3, -0.25) is 14.4 Å². The van der Waals surface area contributed by atoms with Gasteiger partial charge in [-0.1, -0.05) is 32.0 Å². The van der Waals surface area contributed by atoms with E-state index in [9.17, 15) is 14.4 Å². The fraction of sp³-hybridized carbons (Fsp3) is 0.250. The van der Waals surface area contributed by atoms with Crippen molar-refractivity contribution in [1.29, 1.82) is 0 Å². The van der Waals surface area contributed by atoms with Crippen LogP contribution in [0, 0.1) is 0 Å². The first-order valence-corrected chi connectivity index (χ1v) is 8.41. The summed E-state index contributed by atoms with van der Waals surface area (Å²) in [6, 6.07) is 14.2. The van der Waals surface area contributed by atoms with Crippen molar-refractivity contribution in [1.82, 2.24) is 0 Å². The van der Waals surface area contributed by atoms with Crippen molar-refractivity contribution in [3.8, 4) is 0 Å². The number of amides is 3. The van der Waals surface area contributed by atoms with Gasteiger partial charge < -0.3 is 16.0 Å². The molecule has 0 unspecified atom stereocenters. The number of benzene rings is 2. The molecule has 2 rings (SSSR count). The molecule has 0 radical (unpaired) electrons. The summed E-state index contributed by atoms with van der Waals surface area (Å²) in [4.78, 5) is 35.2. The Kier molecular flexibility index (Phi) is 6.49. The molecule has 3 N–H and O–H groups in total. The Morgan fingerprint density at radius 2 is 1.35 bits per heavy atom. The van der Waals surface area contributed by atoms with Crippen molar-refractivity contribution in [3.05, 3.63) is 54.1 Å². The molecule has 0 atom stereocenters. The van der Waals surface area contributed by atoms with E-state index in [1.807, 2.05) is 38.1 Å². The topological polar surface area (TPSA) is 87.3 Å². The Morgan fingerprint density at radius 3 is 1.92 bits per heavy atom. The molecule has 0 aliphatic carbocycles. The molecule has 0 saturated heterocycles. The Hall–Kier alpha value is -3.15. The van der Waals surface area contributed by atoms with E-state index in [1.54, 1.807) is 24.3 Å². The number of rotatable bonds is 6. The van der Waals surface area contributed by atoms with Crippen LogP contribution in [0.15, 0.2) is 48.5 Å². The molecule has 6 nitrogen and oxygen atoms in total. The van der Waals surface area contributed by atoms with Gasteiger partial charge in [-0.05, 0) is 41.8 Å². The van der Waals surface area contributed by atoms with E-state index >= 15 is 0 Å². The second kappa shape index (κ2) is 8.80. The number of hydrogen-bond acceptors (Lipinski definition) is 3. The van der Waals surface area contributed by atoms with Gasteiger partial charge in [0.2, 0.25) is 17.7 Å². The van der Waals surface area contributed by atoms with Crippen molar-refractivity contribution in [2.45, 2.75) is 33.1 Å². The van der Waals surface area contributed by atoms with Crippen LogP contribution in [0.5, 0.6) is 0 Å². The summed E-state index contributed by atoms with van der Waals surface area (Å²) in [6.45, 7) is 5.51. The van der Waals surface area contributed by atoms with Crippen molar-refractivity contribution < 1.29 is 14.4 Å². The lowest BCUT2D eigenvalue weighted by Crippen LogP contribution is -2.22. The minimum absolute atomic E-state index is 0.167. The van der Waals surface area contributed by atoms with Crippen LogP contribution in [0.3, 0.4) is 0 Å². The zero-order valence-electron chi connectivity index (χ0n) is 15.1. The van der Waals surface area contributed by atoms with Gasteiger partial charge in [0.05, 0.1) is 0 Å². The lowest BCUT2D eigenvalue weighted by molar-refractivity contribution is -0.123. The van der Waals surface area contributed by atoms with Crippen LogP contribution in [-0.4, -0.2) is 17.7 Å². The van der Waals surface area contributed by atoms with Gasteiger partial charge in [0.1, 0.15) is 6.42 Å². The summed E-state index contributed by atoms with van der Waals surface area (Å²) < 4.78 is 0. The second-order valence-corrected chi connectivity index (χ2v) is 6.27. The predicted molar refractivity (Wildman–Crippen MR) is 103 cm³/mol. The lowest BCUT2D eigenvalue weighted by Gasteiger charge is -2.13. The Labute approximate surface area is 153 Å². The fourth-order valence-corrected chi connectivity index (χ4v) is 2.50. The molecule has 0 fully saturated rings. The molecule has 6 heteroatoms. The van der Waals surface area contributed by atoms with Crippen LogP contribution >= 0.6 is 0 Å². The van der Waals surface area contributed by atoms with Crippen LogP contribution in [0.1, 0.15) is 38.7 Å². The number of anilines is 3. The highest BCUT2D eigenvalue weighted by molar-refractivity contribution is 6.08. The first kappa shape index (κ1) is 19.2. The molecular formula is C20H23N3O3. The Morgan fingerprint density at radius 1 is 0.808 bits per heavy atom. The molecule has 2 aromatic carbocycles. The molecule has 0 aliphatic heterocycles. The van der Waals surface area contributed by atoms with Gasteiger partial charge >= 0.3 is 0 Å². The highest BCUT2D eigenvalue weighted by Gasteiger charge is 2.13. The van der Waals surface area contributed by atoms with Crippen LogP contribution in [-0.2, 0) is 14.4 Å². The zero-order chi connectivity index (χ0) is 19.1. The van der Waals surface area contributed by atoms with Crippen molar-refractivity contribution >= 4 is 34.8 Å². The van der Waals surface area contributed by atoms with E-state index in [4.69, 9.17) is 0 Å². The lowest BCUT2D eigenvalue weighted by atomic mass is 10.0. The third kappa shape index (κ3) is 5.73. The van der Waals surface area contributed by atoms with Crippen molar-refractivity contribution in [2.75, 3.05) is 16.0 Å². The van der Waals surface area contributed by atoms with E-state index in [2.05, 4.69) is 16.0 Å². The zero-order valence-corrected chi connectivity index (χ0v) is 15.1. The van der Waals surface area contributed by atoms with E-state index in [1.165, 1.54) is 6.92 Å². The quantitative estimate of drug-likeness (QED) is 0.692. The fourth-order valence-electron chi connectivity index (χ4n) is 2.50. The van der Waals surface area contributed by atoms with Crippen molar-refractivity contribution in [2.24, 2.45) is 0 Å². The van der Waals surface area contributed by atoms with E-state index in [0.717, 1.165) is 11.3 Å². The monoisotopic (exact) mass is 353 g/mol. The van der Waals surface area contributed by atoms with Crippen LogP contribution < -0.4 is 16.0 Å². The highest BCUT2D eigenvalue weighted by atomic mass is 16.2. The van der Waals surface area contributed by atoms with E-state index in [0.29, 0.717) is 11.4 Å². The molecule has 0 spiro atoms. The molecule has 0 aliphatic rings.